The van der Waals surface area contributed by atoms with Crippen molar-refractivity contribution in [2.45, 2.75) is 20.8 Å². The Morgan fingerprint density at radius 2 is 2.00 bits per heavy atom. The molecule has 2 rings (SSSR count). The molecular formula is C11H14ClN5. The molecule has 0 saturated heterocycles. The maximum Gasteiger partial charge on any atom is 0.224 e. The topological polar surface area (TPSA) is 55.6 Å². The van der Waals surface area contributed by atoms with Gasteiger partial charge in [-0.05, 0) is 20.8 Å². The summed E-state index contributed by atoms with van der Waals surface area (Å²) in [5.41, 5.74) is 2.63. The average molecular weight is 252 g/mol. The van der Waals surface area contributed by atoms with Crippen LogP contribution in [0.4, 0.5) is 5.95 Å². The van der Waals surface area contributed by atoms with Gasteiger partial charge in [0.2, 0.25) is 5.95 Å². The summed E-state index contributed by atoms with van der Waals surface area (Å²) in [6.07, 6.45) is 1.76. The number of anilines is 1. The van der Waals surface area contributed by atoms with Crippen LogP contribution in [0.25, 0.3) is 5.82 Å². The second-order valence-electron chi connectivity index (χ2n) is 3.85. The van der Waals surface area contributed by atoms with Crippen molar-refractivity contribution in [1.29, 1.82) is 0 Å². The van der Waals surface area contributed by atoms with E-state index in [2.05, 4.69) is 20.4 Å². The van der Waals surface area contributed by atoms with E-state index in [0.717, 1.165) is 22.8 Å². The molecule has 0 atom stereocenters. The molecule has 0 unspecified atom stereocenters. The molecule has 0 aliphatic rings. The highest BCUT2D eigenvalue weighted by molar-refractivity contribution is 6.31. The largest absolute Gasteiger partial charge is 0.357 e. The fraction of sp³-hybridized carbons (Fsp3) is 0.364. The molecule has 5 nitrogen and oxygen atoms in total. The second-order valence-corrected chi connectivity index (χ2v) is 4.22. The van der Waals surface area contributed by atoms with Crippen molar-refractivity contribution in [2.75, 3.05) is 12.4 Å². The lowest BCUT2D eigenvalue weighted by Crippen LogP contribution is -2.07. The Hall–Kier alpha value is -1.62. The molecule has 1 N–H and O–H groups in total. The van der Waals surface area contributed by atoms with E-state index >= 15 is 0 Å². The molecule has 17 heavy (non-hydrogen) atoms. The first-order valence-electron chi connectivity index (χ1n) is 5.28. The van der Waals surface area contributed by atoms with E-state index < -0.39 is 0 Å². The average Bonchev–Trinajstić information content (AvgIpc) is 2.58. The van der Waals surface area contributed by atoms with E-state index in [9.17, 15) is 0 Å². The van der Waals surface area contributed by atoms with E-state index in [-0.39, 0.29) is 0 Å². The summed E-state index contributed by atoms with van der Waals surface area (Å²) in [5, 5.41) is 7.97. The predicted octanol–water partition coefficient (Wildman–Crippen LogP) is 2.28. The lowest BCUT2D eigenvalue weighted by Gasteiger charge is -2.08. The second kappa shape index (κ2) is 4.33. The highest BCUT2D eigenvalue weighted by atomic mass is 35.5. The number of rotatable bonds is 2. The monoisotopic (exact) mass is 251 g/mol. The fourth-order valence-corrected chi connectivity index (χ4v) is 1.72. The summed E-state index contributed by atoms with van der Waals surface area (Å²) < 4.78 is 1.75. The predicted molar refractivity (Wildman–Crippen MR) is 67.9 cm³/mol. The third-order valence-electron chi connectivity index (χ3n) is 2.57. The van der Waals surface area contributed by atoms with Crippen LogP contribution in [-0.4, -0.2) is 26.8 Å². The van der Waals surface area contributed by atoms with Crippen molar-refractivity contribution in [3.05, 3.63) is 28.2 Å². The minimum absolute atomic E-state index is 0.564. The first kappa shape index (κ1) is 11.9. The molecule has 0 aliphatic heterocycles. The van der Waals surface area contributed by atoms with Gasteiger partial charge in [-0.25, -0.2) is 9.67 Å². The number of nitrogens with zero attached hydrogens (tertiary/aromatic N) is 4. The molecule has 0 amide bonds. The smallest absolute Gasteiger partial charge is 0.224 e. The van der Waals surface area contributed by atoms with Crippen LogP contribution in [0.15, 0.2) is 6.20 Å². The summed E-state index contributed by atoms with van der Waals surface area (Å²) in [6, 6.07) is 0. The van der Waals surface area contributed by atoms with Gasteiger partial charge < -0.3 is 5.32 Å². The van der Waals surface area contributed by atoms with Gasteiger partial charge in [-0.3, -0.25) is 0 Å². The Morgan fingerprint density at radius 3 is 2.53 bits per heavy atom. The Kier molecular flexibility index (Phi) is 3.02. The van der Waals surface area contributed by atoms with E-state index in [0.29, 0.717) is 11.0 Å². The number of halogens is 1. The van der Waals surface area contributed by atoms with Crippen LogP contribution in [0, 0.1) is 20.8 Å². The van der Waals surface area contributed by atoms with Gasteiger partial charge in [-0.1, -0.05) is 11.6 Å². The number of aryl methyl sites for hydroxylation is 2. The lowest BCUT2D eigenvalue weighted by atomic mass is 10.3. The Balaban J connectivity index is 2.63. The fourth-order valence-electron chi connectivity index (χ4n) is 1.60. The van der Waals surface area contributed by atoms with Gasteiger partial charge in [0.25, 0.3) is 0 Å². The molecule has 2 aromatic rings. The summed E-state index contributed by atoms with van der Waals surface area (Å²) in [4.78, 5) is 8.54. The Labute approximate surface area is 105 Å². The molecule has 0 aromatic carbocycles. The van der Waals surface area contributed by atoms with Gasteiger partial charge in [0.1, 0.15) is 0 Å². The molecule has 2 heterocycles. The van der Waals surface area contributed by atoms with Crippen LogP contribution in [-0.2, 0) is 0 Å². The van der Waals surface area contributed by atoms with Crippen molar-refractivity contribution in [1.82, 2.24) is 19.7 Å². The first-order chi connectivity index (χ1) is 8.04. The minimum atomic E-state index is 0.564. The SMILES string of the molecule is CNc1ncc(C)c(-n2nc(C)c(Cl)c2C)n1. The molecule has 0 radical (unpaired) electrons. The van der Waals surface area contributed by atoms with Crippen LogP contribution in [0.5, 0.6) is 0 Å². The zero-order valence-corrected chi connectivity index (χ0v) is 11.0. The third kappa shape index (κ3) is 1.98. The van der Waals surface area contributed by atoms with Gasteiger partial charge in [0.05, 0.1) is 16.4 Å². The standard InChI is InChI=1S/C11H14ClN5/c1-6-5-14-11(13-4)15-10(6)17-8(3)9(12)7(2)16-17/h5H,1-4H3,(H,13,14,15). The quantitative estimate of drug-likeness (QED) is 0.890. The van der Waals surface area contributed by atoms with Crippen LogP contribution in [0.3, 0.4) is 0 Å². The normalized spacial score (nSPS) is 10.6. The van der Waals surface area contributed by atoms with Gasteiger partial charge in [0, 0.05) is 18.8 Å². The van der Waals surface area contributed by atoms with Crippen molar-refractivity contribution in [3.8, 4) is 5.82 Å². The molecule has 2 aromatic heterocycles. The van der Waals surface area contributed by atoms with E-state index in [4.69, 9.17) is 11.6 Å². The van der Waals surface area contributed by atoms with Gasteiger partial charge in [0.15, 0.2) is 5.82 Å². The van der Waals surface area contributed by atoms with Crippen LogP contribution >= 0.6 is 11.6 Å². The molecule has 0 aliphatic carbocycles. The van der Waals surface area contributed by atoms with Crippen molar-refractivity contribution in [2.24, 2.45) is 0 Å². The zero-order valence-electron chi connectivity index (χ0n) is 10.2. The third-order valence-corrected chi connectivity index (χ3v) is 3.12. The summed E-state index contributed by atoms with van der Waals surface area (Å²) >= 11 is 6.13. The number of aromatic nitrogens is 4. The maximum absolute atomic E-state index is 6.13. The van der Waals surface area contributed by atoms with E-state index in [1.54, 1.807) is 17.9 Å². The molecule has 0 bridgehead atoms. The summed E-state index contributed by atoms with van der Waals surface area (Å²) in [5.74, 6) is 1.31. The molecule has 6 heteroatoms. The van der Waals surface area contributed by atoms with Gasteiger partial charge >= 0.3 is 0 Å². The van der Waals surface area contributed by atoms with E-state index in [1.165, 1.54) is 0 Å². The molecule has 0 spiro atoms. The first-order valence-corrected chi connectivity index (χ1v) is 5.66. The number of hydrogen-bond acceptors (Lipinski definition) is 4. The van der Waals surface area contributed by atoms with Crippen LogP contribution < -0.4 is 5.32 Å². The van der Waals surface area contributed by atoms with Crippen molar-refractivity contribution in [3.63, 3.8) is 0 Å². The van der Waals surface area contributed by atoms with Crippen LogP contribution in [0.2, 0.25) is 5.02 Å². The highest BCUT2D eigenvalue weighted by Gasteiger charge is 2.14. The van der Waals surface area contributed by atoms with Gasteiger partial charge in [-0.15, -0.1) is 0 Å². The summed E-state index contributed by atoms with van der Waals surface area (Å²) in [7, 11) is 1.78. The van der Waals surface area contributed by atoms with Gasteiger partial charge in [-0.2, -0.15) is 10.1 Å². The van der Waals surface area contributed by atoms with Crippen LogP contribution in [0.1, 0.15) is 17.0 Å². The molecule has 0 saturated carbocycles. The highest BCUT2D eigenvalue weighted by Crippen LogP contribution is 2.23. The summed E-state index contributed by atoms with van der Waals surface area (Å²) in [6.45, 7) is 5.74. The lowest BCUT2D eigenvalue weighted by molar-refractivity contribution is 0.794. The van der Waals surface area contributed by atoms with Crippen molar-refractivity contribution < 1.29 is 0 Å². The molecular weight excluding hydrogens is 238 g/mol. The molecule has 90 valence electrons. The Bertz CT molecular complexity index is 561. The van der Waals surface area contributed by atoms with E-state index in [1.807, 2.05) is 20.8 Å². The Morgan fingerprint density at radius 1 is 1.29 bits per heavy atom. The maximum atomic E-state index is 6.13. The number of hydrogen-bond donors (Lipinski definition) is 1. The minimum Gasteiger partial charge on any atom is -0.357 e. The number of nitrogens with one attached hydrogen (secondary N) is 1. The molecule has 0 fully saturated rings. The zero-order chi connectivity index (χ0) is 12.6. The van der Waals surface area contributed by atoms with Crippen molar-refractivity contribution >= 4 is 17.5 Å².